The normalized spacial score (nSPS) is 11.4. The van der Waals surface area contributed by atoms with Crippen LogP contribution in [0.4, 0.5) is 11.4 Å². The van der Waals surface area contributed by atoms with E-state index in [1.807, 2.05) is 0 Å². The molecular weight excluding hydrogens is 254 g/mol. The van der Waals surface area contributed by atoms with Crippen LogP contribution in [0.1, 0.15) is 11.5 Å². The standard InChI is InChI=1S/C11H13N3O3S/c1-8-6-9(13-17-8)7-18(15,16)14-11-5-3-2-4-10(11)12/h2-6,14H,7,12H2,1H3. The zero-order chi connectivity index (χ0) is 13.2. The van der Waals surface area contributed by atoms with Gasteiger partial charge in [0.1, 0.15) is 17.2 Å². The van der Waals surface area contributed by atoms with Gasteiger partial charge in [-0.2, -0.15) is 0 Å². The molecular formula is C11H13N3O3S. The van der Waals surface area contributed by atoms with E-state index in [4.69, 9.17) is 10.3 Å². The van der Waals surface area contributed by atoms with Crippen molar-refractivity contribution in [2.75, 3.05) is 10.5 Å². The fourth-order valence-corrected chi connectivity index (χ4v) is 2.59. The summed E-state index contributed by atoms with van der Waals surface area (Å²) in [5.74, 6) is 0.318. The summed E-state index contributed by atoms with van der Waals surface area (Å²) in [6.07, 6.45) is 0. The molecule has 0 spiro atoms. The van der Waals surface area contributed by atoms with Crippen LogP contribution in [0, 0.1) is 6.92 Å². The van der Waals surface area contributed by atoms with E-state index in [9.17, 15) is 8.42 Å². The summed E-state index contributed by atoms with van der Waals surface area (Å²) in [6, 6.07) is 8.23. The number of para-hydroxylation sites is 2. The van der Waals surface area contributed by atoms with Crippen molar-refractivity contribution in [1.29, 1.82) is 0 Å². The first-order valence-corrected chi connectivity index (χ1v) is 6.89. The molecule has 1 aromatic carbocycles. The van der Waals surface area contributed by atoms with Gasteiger partial charge in [0.2, 0.25) is 10.0 Å². The number of aryl methyl sites for hydroxylation is 1. The van der Waals surface area contributed by atoms with Gasteiger partial charge < -0.3 is 10.3 Å². The Bertz CT molecular complexity index is 649. The second kappa shape index (κ2) is 4.69. The molecule has 0 fully saturated rings. The van der Waals surface area contributed by atoms with E-state index >= 15 is 0 Å². The lowest BCUT2D eigenvalue weighted by atomic mass is 10.3. The van der Waals surface area contributed by atoms with Crippen LogP contribution in [-0.4, -0.2) is 13.6 Å². The summed E-state index contributed by atoms with van der Waals surface area (Å²) in [5, 5.41) is 3.64. The monoisotopic (exact) mass is 267 g/mol. The van der Waals surface area contributed by atoms with Crippen molar-refractivity contribution < 1.29 is 12.9 Å². The topological polar surface area (TPSA) is 98.2 Å². The Labute approximate surface area is 105 Å². The van der Waals surface area contributed by atoms with E-state index in [1.165, 1.54) is 0 Å². The minimum Gasteiger partial charge on any atom is -0.397 e. The molecule has 1 aromatic heterocycles. The Hall–Kier alpha value is -2.02. The maximum atomic E-state index is 11.9. The van der Waals surface area contributed by atoms with Crippen LogP contribution in [0.3, 0.4) is 0 Å². The van der Waals surface area contributed by atoms with Crippen LogP contribution in [-0.2, 0) is 15.8 Å². The van der Waals surface area contributed by atoms with Gasteiger partial charge in [0, 0.05) is 6.07 Å². The van der Waals surface area contributed by atoms with Gasteiger partial charge in [-0.05, 0) is 19.1 Å². The molecule has 2 rings (SSSR count). The Kier molecular flexibility index (Phi) is 3.24. The molecule has 96 valence electrons. The van der Waals surface area contributed by atoms with Crippen LogP contribution in [0.2, 0.25) is 0 Å². The number of hydrogen-bond acceptors (Lipinski definition) is 5. The number of sulfonamides is 1. The highest BCUT2D eigenvalue weighted by Gasteiger charge is 2.15. The fraction of sp³-hybridized carbons (Fsp3) is 0.182. The molecule has 6 nitrogen and oxygen atoms in total. The van der Waals surface area contributed by atoms with Crippen LogP contribution in [0.15, 0.2) is 34.9 Å². The number of nitrogens with one attached hydrogen (secondary N) is 1. The molecule has 0 atom stereocenters. The Morgan fingerprint density at radius 2 is 2.11 bits per heavy atom. The predicted octanol–water partition coefficient (Wildman–Crippen LogP) is 1.51. The second-order valence-electron chi connectivity index (χ2n) is 3.88. The Morgan fingerprint density at radius 3 is 2.72 bits per heavy atom. The van der Waals surface area contributed by atoms with Gasteiger partial charge >= 0.3 is 0 Å². The van der Waals surface area contributed by atoms with Crippen LogP contribution in [0.5, 0.6) is 0 Å². The summed E-state index contributed by atoms with van der Waals surface area (Å²) >= 11 is 0. The number of rotatable bonds is 4. The quantitative estimate of drug-likeness (QED) is 0.818. The molecule has 0 radical (unpaired) electrons. The molecule has 2 aromatic rings. The lowest BCUT2D eigenvalue weighted by molar-refractivity contribution is 0.392. The van der Waals surface area contributed by atoms with Crippen molar-refractivity contribution in [2.45, 2.75) is 12.7 Å². The third-order valence-electron chi connectivity index (χ3n) is 2.24. The molecule has 0 saturated heterocycles. The second-order valence-corrected chi connectivity index (χ2v) is 5.60. The third-order valence-corrected chi connectivity index (χ3v) is 3.45. The minimum atomic E-state index is -3.55. The largest absolute Gasteiger partial charge is 0.397 e. The van der Waals surface area contributed by atoms with E-state index in [2.05, 4.69) is 9.88 Å². The summed E-state index contributed by atoms with van der Waals surface area (Å²) in [5.41, 5.74) is 6.75. The van der Waals surface area contributed by atoms with E-state index in [0.717, 1.165) is 0 Å². The van der Waals surface area contributed by atoms with Crippen molar-refractivity contribution >= 4 is 21.4 Å². The average molecular weight is 267 g/mol. The van der Waals surface area contributed by atoms with Gasteiger partial charge in [-0.25, -0.2) is 8.42 Å². The van der Waals surface area contributed by atoms with Crippen LogP contribution in [0.25, 0.3) is 0 Å². The van der Waals surface area contributed by atoms with Crippen molar-refractivity contribution in [1.82, 2.24) is 5.16 Å². The Morgan fingerprint density at radius 1 is 1.39 bits per heavy atom. The minimum absolute atomic E-state index is 0.251. The van der Waals surface area contributed by atoms with Crippen molar-refractivity contribution in [3.8, 4) is 0 Å². The highest BCUT2D eigenvalue weighted by Crippen LogP contribution is 2.19. The van der Waals surface area contributed by atoms with Gasteiger partial charge in [0.25, 0.3) is 0 Å². The smallest absolute Gasteiger partial charge is 0.238 e. The maximum absolute atomic E-state index is 11.9. The summed E-state index contributed by atoms with van der Waals surface area (Å²) in [6.45, 7) is 1.70. The number of aromatic nitrogens is 1. The number of anilines is 2. The first-order valence-electron chi connectivity index (χ1n) is 5.23. The molecule has 0 saturated carbocycles. The van der Waals surface area contributed by atoms with Crippen molar-refractivity contribution in [3.63, 3.8) is 0 Å². The van der Waals surface area contributed by atoms with E-state index < -0.39 is 10.0 Å². The molecule has 0 aliphatic heterocycles. The number of nitrogen functional groups attached to an aromatic ring is 1. The van der Waals surface area contributed by atoms with Gasteiger partial charge in [0.05, 0.1) is 11.4 Å². The highest BCUT2D eigenvalue weighted by molar-refractivity contribution is 7.91. The molecule has 0 bridgehead atoms. The lowest BCUT2D eigenvalue weighted by Gasteiger charge is -2.08. The first kappa shape index (κ1) is 12.4. The van der Waals surface area contributed by atoms with E-state index in [1.54, 1.807) is 37.3 Å². The van der Waals surface area contributed by atoms with E-state index in [-0.39, 0.29) is 5.75 Å². The van der Waals surface area contributed by atoms with Crippen molar-refractivity contribution in [2.24, 2.45) is 0 Å². The van der Waals surface area contributed by atoms with Crippen LogP contribution >= 0.6 is 0 Å². The van der Waals surface area contributed by atoms with Gasteiger partial charge in [0.15, 0.2) is 0 Å². The maximum Gasteiger partial charge on any atom is 0.238 e. The molecule has 0 aliphatic carbocycles. The van der Waals surface area contributed by atoms with Gasteiger partial charge in [-0.1, -0.05) is 17.3 Å². The molecule has 0 unspecified atom stereocenters. The third kappa shape index (κ3) is 3.01. The van der Waals surface area contributed by atoms with E-state index in [0.29, 0.717) is 22.8 Å². The highest BCUT2D eigenvalue weighted by atomic mass is 32.2. The number of benzene rings is 1. The SMILES string of the molecule is Cc1cc(CS(=O)(=O)Nc2ccccc2N)no1. The molecule has 3 N–H and O–H groups in total. The molecule has 18 heavy (non-hydrogen) atoms. The summed E-state index contributed by atoms with van der Waals surface area (Å²) in [7, 11) is -3.55. The number of nitrogens with two attached hydrogens (primary N) is 1. The molecule has 7 heteroatoms. The zero-order valence-electron chi connectivity index (χ0n) is 9.75. The first-order chi connectivity index (χ1) is 8.46. The molecule has 1 heterocycles. The molecule has 0 amide bonds. The number of nitrogens with zero attached hydrogens (tertiary/aromatic N) is 1. The van der Waals surface area contributed by atoms with Crippen molar-refractivity contribution in [3.05, 3.63) is 41.8 Å². The number of hydrogen-bond donors (Lipinski definition) is 2. The van der Waals surface area contributed by atoms with Gasteiger partial charge in [-0.15, -0.1) is 0 Å². The Balaban J connectivity index is 2.15. The van der Waals surface area contributed by atoms with Crippen LogP contribution < -0.4 is 10.5 Å². The predicted molar refractivity (Wildman–Crippen MR) is 68.3 cm³/mol. The molecule has 0 aliphatic rings. The lowest BCUT2D eigenvalue weighted by Crippen LogP contribution is -2.16. The summed E-state index contributed by atoms with van der Waals surface area (Å²) in [4.78, 5) is 0. The summed E-state index contributed by atoms with van der Waals surface area (Å²) < 4.78 is 31.0. The fourth-order valence-electron chi connectivity index (χ4n) is 1.47. The average Bonchev–Trinajstić information content (AvgIpc) is 2.66. The zero-order valence-corrected chi connectivity index (χ0v) is 10.6. The van der Waals surface area contributed by atoms with Gasteiger partial charge in [-0.3, -0.25) is 4.72 Å².